The Hall–Kier alpha value is -2.11. The SMILES string of the molecule is CCNc1cccc(C(=O)NCC(CC)CC)c1[N+](=O)[O-]. The lowest BCUT2D eigenvalue weighted by Crippen LogP contribution is -2.29. The van der Waals surface area contributed by atoms with Crippen LogP contribution in [0.5, 0.6) is 0 Å². The molecule has 0 fully saturated rings. The second kappa shape index (κ2) is 8.24. The van der Waals surface area contributed by atoms with Crippen molar-refractivity contribution < 1.29 is 9.72 Å². The first-order chi connectivity index (χ1) is 10.0. The zero-order valence-electron chi connectivity index (χ0n) is 12.8. The predicted molar refractivity (Wildman–Crippen MR) is 83.7 cm³/mol. The van der Waals surface area contributed by atoms with Crippen molar-refractivity contribution in [3.63, 3.8) is 0 Å². The van der Waals surface area contributed by atoms with Crippen LogP contribution < -0.4 is 10.6 Å². The fourth-order valence-corrected chi connectivity index (χ4v) is 2.17. The summed E-state index contributed by atoms with van der Waals surface area (Å²) in [5.41, 5.74) is 0.309. The summed E-state index contributed by atoms with van der Waals surface area (Å²) in [6.07, 6.45) is 1.94. The molecule has 6 nitrogen and oxygen atoms in total. The van der Waals surface area contributed by atoms with E-state index in [1.165, 1.54) is 6.07 Å². The Labute approximate surface area is 125 Å². The van der Waals surface area contributed by atoms with E-state index in [4.69, 9.17) is 0 Å². The zero-order chi connectivity index (χ0) is 15.8. The highest BCUT2D eigenvalue weighted by molar-refractivity contribution is 6.00. The molecule has 0 heterocycles. The molecule has 0 aromatic heterocycles. The minimum atomic E-state index is -0.510. The molecule has 6 heteroatoms. The first-order valence-electron chi connectivity index (χ1n) is 7.34. The third kappa shape index (κ3) is 4.44. The lowest BCUT2D eigenvalue weighted by molar-refractivity contribution is -0.384. The lowest BCUT2D eigenvalue weighted by atomic mass is 10.0. The van der Waals surface area contributed by atoms with Crippen LogP contribution >= 0.6 is 0 Å². The largest absolute Gasteiger partial charge is 0.380 e. The molecule has 0 aliphatic rings. The molecule has 0 unspecified atom stereocenters. The van der Waals surface area contributed by atoms with Gasteiger partial charge in [0.1, 0.15) is 11.3 Å². The molecule has 0 saturated heterocycles. The standard InChI is InChI=1S/C15H23N3O3/c1-4-11(5-2)10-17-15(19)12-8-7-9-13(16-6-3)14(12)18(20)21/h7-9,11,16H,4-6,10H2,1-3H3,(H,17,19). The molecular formula is C15H23N3O3. The van der Waals surface area contributed by atoms with Crippen LogP contribution in [0.25, 0.3) is 0 Å². The molecule has 0 atom stereocenters. The summed E-state index contributed by atoms with van der Waals surface area (Å²) in [4.78, 5) is 23.0. The van der Waals surface area contributed by atoms with Gasteiger partial charge >= 0.3 is 5.69 Å². The van der Waals surface area contributed by atoms with Crippen molar-refractivity contribution in [1.82, 2.24) is 5.32 Å². The summed E-state index contributed by atoms with van der Waals surface area (Å²) < 4.78 is 0. The number of nitro benzene ring substituents is 1. The van der Waals surface area contributed by atoms with Gasteiger partial charge in [-0.05, 0) is 25.0 Å². The molecule has 21 heavy (non-hydrogen) atoms. The van der Waals surface area contributed by atoms with Crippen LogP contribution in [0.1, 0.15) is 44.0 Å². The summed E-state index contributed by atoms with van der Waals surface area (Å²) >= 11 is 0. The van der Waals surface area contributed by atoms with Gasteiger partial charge in [-0.2, -0.15) is 0 Å². The summed E-state index contributed by atoms with van der Waals surface area (Å²) in [6.45, 7) is 7.07. The first kappa shape index (κ1) is 16.9. The van der Waals surface area contributed by atoms with E-state index in [0.717, 1.165) is 12.8 Å². The second-order valence-electron chi connectivity index (χ2n) is 4.88. The van der Waals surface area contributed by atoms with Gasteiger partial charge in [0, 0.05) is 13.1 Å². The van der Waals surface area contributed by atoms with E-state index in [2.05, 4.69) is 24.5 Å². The molecule has 0 aliphatic carbocycles. The number of carbonyl (C=O) groups excluding carboxylic acids is 1. The van der Waals surface area contributed by atoms with Crippen LogP contribution in [0.4, 0.5) is 11.4 Å². The highest BCUT2D eigenvalue weighted by Crippen LogP contribution is 2.28. The monoisotopic (exact) mass is 293 g/mol. The number of benzene rings is 1. The number of nitrogens with one attached hydrogen (secondary N) is 2. The third-order valence-electron chi connectivity index (χ3n) is 3.54. The summed E-state index contributed by atoms with van der Waals surface area (Å²) in [5, 5.41) is 17.0. The summed E-state index contributed by atoms with van der Waals surface area (Å²) in [5.74, 6) is -0.00157. The molecule has 0 aliphatic heterocycles. The number of nitrogens with zero attached hydrogens (tertiary/aromatic N) is 1. The van der Waals surface area contributed by atoms with Crippen molar-refractivity contribution in [3.05, 3.63) is 33.9 Å². The highest BCUT2D eigenvalue weighted by atomic mass is 16.6. The van der Waals surface area contributed by atoms with Crippen molar-refractivity contribution in [2.75, 3.05) is 18.4 Å². The minimum Gasteiger partial charge on any atom is -0.380 e. The van der Waals surface area contributed by atoms with Crippen LogP contribution in [-0.2, 0) is 0 Å². The van der Waals surface area contributed by atoms with Gasteiger partial charge in [0.2, 0.25) is 0 Å². The number of hydrogen-bond acceptors (Lipinski definition) is 4. The van der Waals surface area contributed by atoms with Gasteiger partial charge in [0.25, 0.3) is 5.91 Å². The Morgan fingerprint density at radius 3 is 2.48 bits per heavy atom. The molecule has 1 aromatic carbocycles. The maximum Gasteiger partial charge on any atom is 0.305 e. The number of rotatable bonds is 8. The molecule has 1 amide bonds. The van der Waals surface area contributed by atoms with E-state index in [9.17, 15) is 14.9 Å². The fourth-order valence-electron chi connectivity index (χ4n) is 2.17. The molecular weight excluding hydrogens is 270 g/mol. The second-order valence-corrected chi connectivity index (χ2v) is 4.88. The Morgan fingerprint density at radius 1 is 1.29 bits per heavy atom. The number of nitro groups is 1. The Bertz CT molecular complexity index is 499. The molecule has 0 bridgehead atoms. The normalized spacial score (nSPS) is 10.5. The smallest absolute Gasteiger partial charge is 0.305 e. The summed E-state index contributed by atoms with van der Waals surface area (Å²) in [7, 11) is 0. The number of para-hydroxylation sites is 1. The van der Waals surface area contributed by atoms with Crippen molar-refractivity contribution in [3.8, 4) is 0 Å². The average molecular weight is 293 g/mol. The number of anilines is 1. The van der Waals surface area contributed by atoms with E-state index in [1.807, 2.05) is 6.92 Å². The van der Waals surface area contributed by atoms with E-state index >= 15 is 0 Å². The maximum absolute atomic E-state index is 12.2. The minimum absolute atomic E-state index is 0.101. The fraction of sp³-hybridized carbons (Fsp3) is 0.533. The highest BCUT2D eigenvalue weighted by Gasteiger charge is 2.24. The number of hydrogen-bond donors (Lipinski definition) is 2. The van der Waals surface area contributed by atoms with Crippen LogP contribution in [-0.4, -0.2) is 23.9 Å². The summed E-state index contributed by atoms with van der Waals surface area (Å²) in [6, 6.07) is 4.75. The first-order valence-corrected chi connectivity index (χ1v) is 7.34. The third-order valence-corrected chi connectivity index (χ3v) is 3.54. The van der Waals surface area contributed by atoms with Gasteiger partial charge in [-0.3, -0.25) is 14.9 Å². The van der Waals surface area contributed by atoms with Crippen molar-refractivity contribution in [2.45, 2.75) is 33.6 Å². The topological polar surface area (TPSA) is 84.3 Å². The Balaban J connectivity index is 2.98. The molecule has 0 spiro atoms. The van der Waals surface area contributed by atoms with Crippen molar-refractivity contribution in [2.24, 2.45) is 5.92 Å². The van der Waals surface area contributed by atoms with E-state index in [0.29, 0.717) is 24.7 Å². The van der Waals surface area contributed by atoms with Gasteiger partial charge in [0.05, 0.1) is 4.92 Å². The van der Waals surface area contributed by atoms with Crippen molar-refractivity contribution in [1.29, 1.82) is 0 Å². The lowest BCUT2D eigenvalue weighted by Gasteiger charge is -2.14. The molecule has 1 rings (SSSR count). The Morgan fingerprint density at radius 2 is 1.95 bits per heavy atom. The van der Waals surface area contributed by atoms with Gasteiger partial charge in [-0.1, -0.05) is 32.8 Å². The van der Waals surface area contributed by atoms with Crippen LogP contribution in [0, 0.1) is 16.0 Å². The van der Waals surface area contributed by atoms with Crippen LogP contribution in [0.15, 0.2) is 18.2 Å². The molecule has 2 N–H and O–H groups in total. The molecule has 116 valence electrons. The van der Waals surface area contributed by atoms with Crippen LogP contribution in [0.3, 0.4) is 0 Å². The molecule has 0 saturated carbocycles. The van der Waals surface area contributed by atoms with E-state index in [-0.39, 0.29) is 11.3 Å². The number of carbonyl (C=O) groups is 1. The zero-order valence-corrected chi connectivity index (χ0v) is 12.8. The molecule has 1 aromatic rings. The van der Waals surface area contributed by atoms with Gasteiger partial charge in [0.15, 0.2) is 0 Å². The maximum atomic E-state index is 12.2. The quantitative estimate of drug-likeness (QED) is 0.569. The van der Waals surface area contributed by atoms with Gasteiger partial charge in [-0.25, -0.2) is 0 Å². The molecule has 0 radical (unpaired) electrons. The average Bonchev–Trinajstić information content (AvgIpc) is 2.47. The van der Waals surface area contributed by atoms with E-state index < -0.39 is 10.8 Å². The van der Waals surface area contributed by atoms with Crippen LogP contribution in [0.2, 0.25) is 0 Å². The predicted octanol–water partition coefficient (Wildman–Crippen LogP) is 3.19. The van der Waals surface area contributed by atoms with Crippen molar-refractivity contribution >= 4 is 17.3 Å². The van der Waals surface area contributed by atoms with Gasteiger partial charge in [-0.15, -0.1) is 0 Å². The van der Waals surface area contributed by atoms with Gasteiger partial charge < -0.3 is 10.6 Å². The Kier molecular flexibility index (Phi) is 6.65. The number of amides is 1. The van der Waals surface area contributed by atoms with E-state index in [1.54, 1.807) is 12.1 Å².